The van der Waals surface area contributed by atoms with E-state index >= 15 is 0 Å². The number of aromatic nitrogens is 3. The maximum Gasteiger partial charge on any atom is 0.229 e. The molecule has 0 bridgehead atoms. The monoisotopic (exact) mass is 158 g/mol. The summed E-state index contributed by atoms with van der Waals surface area (Å²) in [6, 6.07) is 0. The van der Waals surface area contributed by atoms with Gasteiger partial charge >= 0.3 is 0 Å². The van der Waals surface area contributed by atoms with Crippen LogP contribution in [0.5, 0.6) is 0 Å². The average Bonchev–Trinajstić information content (AvgIpc) is 2.03. The molecule has 0 aliphatic carbocycles. The zero-order chi connectivity index (χ0) is 8.27. The number of anilines is 3. The van der Waals surface area contributed by atoms with Crippen molar-refractivity contribution in [3.8, 4) is 0 Å². The fourth-order valence-corrected chi connectivity index (χ4v) is 0.616. The summed E-state index contributed by atoms with van der Waals surface area (Å²) in [6.07, 6.45) is 0. The molecule has 1 rings (SSSR count). The molecule has 0 aromatic carbocycles. The summed E-state index contributed by atoms with van der Waals surface area (Å²) in [5.74, 6) is 1.12. The SMILES string of the molecule is CNc1nc(N)nc(NC)n1.[HH].[HH]. The molecule has 4 N–H and O–H groups in total. The zero-order valence-electron chi connectivity index (χ0n) is 6.42. The minimum atomic E-state index is 0. The van der Waals surface area contributed by atoms with E-state index in [1.807, 2.05) is 0 Å². The highest BCUT2D eigenvalue weighted by Gasteiger charge is 1.98. The van der Waals surface area contributed by atoms with E-state index in [-0.39, 0.29) is 8.80 Å². The van der Waals surface area contributed by atoms with E-state index in [0.29, 0.717) is 11.9 Å². The number of nitrogen functional groups attached to an aromatic ring is 1. The second-order valence-electron chi connectivity index (χ2n) is 1.84. The van der Waals surface area contributed by atoms with Crippen molar-refractivity contribution in [2.24, 2.45) is 0 Å². The molecule has 0 amide bonds. The molecular weight excluding hydrogens is 144 g/mol. The van der Waals surface area contributed by atoms with E-state index in [9.17, 15) is 0 Å². The Kier molecular flexibility index (Phi) is 2.05. The lowest BCUT2D eigenvalue weighted by Gasteiger charge is -2.01. The Morgan fingerprint density at radius 2 is 1.55 bits per heavy atom. The maximum absolute atomic E-state index is 5.37. The number of rotatable bonds is 2. The number of hydrogen-bond donors (Lipinski definition) is 3. The minimum absolute atomic E-state index is 0. The lowest BCUT2D eigenvalue weighted by atomic mass is 10.8. The Bertz CT molecular complexity index is 233. The van der Waals surface area contributed by atoms with Crippen LogP contribution in [0.15, 0.2) is 0 Å². The standard InChI is InChI=1S/C5H10N6.2H2/c1-7-4-9-3(6)10-5(8-2)11-4;;/h1-2H3,(H4,6,7,8,9,10,11);2*1H. The van der Waals surface area contributed by atoms with Crippen LogP contribution in [-0.2, 0) is 0 Å². The van der Waals surface area contributed by atoms with Gasteiger partial charge in [-0.2, -0.15) is 15.0 Å². The molecule has 1 aromatic heterocycles. The maximum atomic E-state index is 5.37. The van der Waals surface area contributed by atoms with E-state index < -0.39 is 0 Å². The molecule has 64 valence electrons. The average molecular weight is 158 g/mol. The third-order valence-corrected chi connectivity index (χ3v) is 1.10. The number of hydrogen-bond acceptors (Lipinski definition) is 6. The molecule has 0 fully saturated rings. The number of nitrogens with one attached hydrogen (secondary N) is 2. The Hall–Kier alpha value is -1.59. The van der Waals surface area contributed by atoms with Gasteiger partial charge in [-0.05, 0) is 0 Å². The summed E-state index contributed by atoms with van der Waals surface area (Å²) in [6.45, 7) is 0. The van der Waals surface area contributed by atoms with E-state index in [4.69, 9.17) is 5.73 Å². The molecular formula is C5H14N6. The summed E-state index contributed by atoms with van der Waals surface area (Å²) < 4.78 is 0. The predicted octanol–water partition coefficient (Wildman–Crippen LogP) is 0.0292. The van der Waals surface area contributed by atoms with Gasteiger partial charge in [0.25, 0.3) is 0 Å². The lowest BCUT2D eigenvalue weighted by Crippen LogP contribution is -2.06. The molecule has 0 aliphatic heterocycles. The fourth-order valence-electron chi connectivity index (χ4n) is 0.616. The van der Waals surface area contributed by atoms with Crippen LogP contribution < -0.4 is 16.4 Å². The largest absolute Gasteiger partial charge is 0.368 e. The smallest absolute Gasteiger partial charge is 0.229 e. The van der Waals surface area contributed by atoms with Crippen LogP contribution in [0.25, 0.3) is 0 Å². The number of nitrogens with zero attached hydrogens (tertiary/aromatic N) is 3. The quantitative estimate of drug-likeness (QED) is 0.562. The molecule has 0 saturated heterocycles. The summed E-state index contributed by atoms with van der Waals surface area (Å²) in [5.41, 5.74) is 5.37. The second kappa shape index (κ2) is 3.00. The highest BCUT2D eigenvalue weighted by atomic mass is 15.2. The number of nitrogens with two attached hydrogens (primary N) is 1. The van der Waals surface area contributed by atoms with Crippen molar-refractivity contribution >= 4 is 17.8 Å². The van der Waals surface area contributed by atoms with Crippen LogP contribution in [0.4, 0.5) is 17.8 Å². The van der Waals surface area contributed by atoms with Crippen LogP contribution in [0.3, 0.4) is 0 Å². The van der Waals surface area contributed by atoms with Gasteiger partial charge in [-0.15, -0.1) is 0 Å². The van der Waals surface area contributed by atoms with Crippen LogP contribution in [0, 0.1) is 0 Å². The first-order valence-corrected chi connectivity index (χ1v) is 3.13. The normalized spacial score (nSPS) is 9.27. The third kappa shape index (κ3) is 1.66. The summed E-state index contributed by atoms with van der Waals surface area (Å²) in [5, 5.41) is 5.52. The molecule has 6 heteroatoms. The van der Waals surface area contributed by atoms with Crippen LogP contribution in [-0.4, -0.2) is 29.0 Å². The van der Waals surface area contributed by atoms with Crippen molar-refractivity contribution in [2.75, 3.05) is 30.5 Å². The van der Waals surface area contributed by atoms with Gasteiger partial charge in [0.2, 0.25) is 17.8 Å². The molecule has 0 atom stereocenters. The lowest BCUT2D eigenvalue weighted by molar-refractivity contribution is 1.06. The Labute approximate surface area is 67.2 Å². The van der Waals surface area contributed by atoms with Gasteiger partial charge in [0.05, 0.1) is 0 Å². The minimum Gasteiger partial charge on any atom is -0.368 e. The van der Waals surface area contributed by atoms with Gasteiger partial charge < -0.3 is 16.4 Å². The molecule has 0 aliphatic rings. The first-order valence-electron chi connectivity index (χ1n) is 3.13. The molecule has 6 nitrogen and oxygen atoms in total. The predicted molar refractivity (Wildman–Crippen MR) is 47.6 cm³/mol. The summed E-state index contributed by atoms with van der Waals surface area (Å²) in [7, 11) is 3.43. The highest BCUT2D eigenvalue weighted by molar-refractivity contribution is 5.38. The molecule has 0 radical (unpaired) electrons. The fraction of sp³-hybridized carbons (Fsp3) is 0.400. The van der Waals surface area contributed by atoms with E-state index in [0.717, 1.165) is 0 Å². The van der Waals surface area contributed by atoms with Crippen LogP contribution in [0.2, 0.25) is 0 Å². The van der Waals surface area contributed by atoms with Crippen LogP contribution in [0.1, 0.15) is 2.85 Å². The molecule has 0 unspecified atom stereocenters. The second-order valence-corrected chi connectivity index (χ2v) is 1.84. The third-order valence-electron chi connectivity index (χ3n) is 1.10. The molecule has 0 spiro atoms. The topological polar surface area (TPSA) is 88.8 Å². The Balaban J connectivity index is 0. The highest BCUT2D eigenvalue weighted by Crippen LogP contribution is 2.03. The van der Waals surface area contributed by atoms with Crippen molar-refractivity contribution in [2.45, 2.75) is 0 Å². The van der Waals surface area contributed by atoms with Crippen molar-refractivity contribution in [1.29, 1.82) is 0 Å². The first kappa shape index (κ1) is 7.52. The van der Waals surface area contributed by atoms with Gasteiger partial charge in [-0.1, -0.05) is 0 Å². The van der Waals surface area contributed by atoms with Gasteiger partial charge in [-0.3, -0.25) is 0 Å². The molecule has 1 aromatic rings. The van der Waals surface area contributed by atoms with E-state index in [1.165, 1.54) is 0 Å². The van der Waals surface area contributed by atoms with Gasteiger partial charge in [0, 0.05) is 16.9 Å². The van der Waals surface area contributed by atoms with Gasteiger partial charge in [-0.25, -0.2) is 0 Å². The molecule has 11 heavy (non-hydrogen) atoms. The Morgan fingerprint density at radius 3 is 1.91 bits per heavy atom. The van der Waals surface area contributed by atoms with Gasteiger partial charge in [0.15, 0.2) is 0 Å². The molecule has 0 saturated carbocycles. The van der Waals surface area contributed by atoms with Crippen molar-refractivity contribution in [3.05, 3.63) is 0 Å². The zero-order valence-corrected chi connectivity index (χ0v) is 6.42. The van der Waals surface area contributed by atoms with Crippen molar-refractivity contribution in [3.63, 3.8) is 0 Å². The van der Waals surface area contributed by atoms with Crippen LogP contribution >= 0.6 is 0 Å². The molecule has 1 heterocycles. The summed E-state index contributed by atoms with van der Waals surface area (Å²) >= 11 is 0. The van der Waals surface area contributed by atoms with E-state index in [1.54, 1.807) is 14.1 Å². The summed E-state index contributed by atoms with van der Waals surface area (Å²) in [4.78, 5) is 11.6. The first-order chi connectivity index (χ1) is 5.26. The Morgan fingerprint density at radius 1 is 1.09 bits per heavy atom. The van der Waals surface area contributed by atoms with Crippen molar-refractivity contribution < 1.29 is 2.85 Å². The van der Waals surface area contributed by atoms with Crippen molar-refractivity contribution in [1.82, 2.24) is 15.0 Å². The van der Waals surface area contributed by atoms with Gasteiger partial charge in [0.1, 0.15) is 0 Å². The van der Waals surface area contributed by atoms with E-state index in [2.05, 4.69) is 25.6 Å².